The molecule has 0 aromatic carbocycles. The van der Waals surface area contributed by atoms with Crippen LogP contribution in [0.1, 0.15) is 26.5 Å². The highest BCUT2D eigenvalue weighted by atomic mass is 79.9. The molecule has 3 heterocycles. The van der Waals surface area contributed by atoms with E-state index in [1.54, 1.807) is 4.57 Å². The van der Waals surface area contributed by atoms with E-state index in [0.29, 0.717) is 22.3 Å². The Labute approximate surface area is 150 Å². The molecule has 0 bridgehead atoms. The topological polar surface area (TPSA) is 131 Å². The Kier molecular flexibility index (Phi) is 4.86. The molecule has 0 radical (unpaired) electrons. The van der Waals surface area contributed by atoms with Crippen molar-refractivity contribution in [3.05, 3.63) is 11.1 Å². The van der Waals surface area contributed by atoms with Crippen molar-refractivity contribution in [3.8, 4) is 0 Å². The SMILES string of the molecule is CC(=O)OCC1O[C@@H](n2c(Br)nc3c(N)ncnc32)C[C@H]1OC(C)=O. The summed E-state index contributed by atoms with van der Waals surface area (Å²) in [4.78, 5) is 34.8. The summed E-state index contributed by atoms with van der Waals surface area (Å²) in [5.74, 6) is -0.637. The molecule has 25 heavy (non-hydrogen) atoms. The normalized spacial score (nSPS) is 22.9. The Hall–Kier alpha value is -2.27. The number of fused-ring (bicyclic) bond motifs is 1. The molecule has 3 atom stereocenters. The molecule has 134 valence electrons. The van der Waals surface area contributed by atoms with Crippen LogP contribution >= 0.6 is 15.9 Å². The first-order valence-electron chi connectivity index (χ1n) is 7.46. The van der Waals surface area contributed by atoms with Gasteiger partial charge >= 0.3 is 11.9 Å². The van der Waals surface area contributed by atoms with E-state index in [4.69, 9.17) is 19.9 Å². The Morgan fingerprint density at radius 2 is 2.16 bits per heavy atom. The summed E-state index contributed by atoms with van der Waals surface area (Å²) in [6.07, 6.45) is -0.0123. The third-order valence-corrected chi connectivity index (χ3v) is 4.26. The van der Waals surface area contributed by atoms with Crippen molar-refractivity contribution in [3.63, 3.8) is 0 Å². The lowest BCUT2D eigenvalue weighted by Crippen LogP contribution is -2.31. The minimum atomic E-state index is -0.596. The van der Waals surface area contributed by atoms with Crippen molar-refractivity contribution in [1.82, 2.24) is 19.5 Å². The molecule has 3 rings (SSSR count). The molecule has 1 saturated heterocycles. The molecule has 0 amide bonds. The van der Waals surface area contributed by atoms with Gasteiger partial charge in [-0.1, -0.05) is 0 Å². The van der Waals surface area contributed by atoms with Gasteiger partial charge in [-0.25, -0.2) is 15.0 Å². The molecule has 10 nitrogen and oxygen atoms in total. The number of carbonyl (C=O) groups excluding carboxylic acids is 2. The fourth-order valence-corrected chi connectivity index (χ4v) is 3.27. The van der Waals surface area contributed by atoms with Crippen LogP contribution in [0.2, 0.25) is 0 Å². The summed E-state index contributed by atoms with van der Waals surface area (Å²) < 4.78 is 18.4. The number of rotatable bonds is 4. The lowest BCUT2D eigenvalue weighted by atomic mass is 10.2. The van der Waals surface area contributed by atoms with Crippen LogP contribution in [0.4, 0.5) is 5.82 Å². The third-order valence-electron chi connectivity index (χ3n) is 3.70. The summed E-state index contributed by atoms with van der Waals surface area (Å²) in [6, 6.07) is 0. The van der Waals surface area contributed by atoms with Gasteiger partial charge in [-0.05, 0) is 15.9 Å². The molecule has 2 aromatic rings. The number of nitrogens with two attached hydrogens (primary N) is 1. The molecular formula is C14H16BrN5O5. The van der Waals surface area contributed by atoms with E-state index in [1.165, 1.54) is 20.2 Å². The average molecular weight is 414 g/mol. The molecule has 1 fully saturated rings. The van der Waals surface area contributed by atoms with Gasteiger partial charge in [0.2, 0.25) is 0 Å². The number of anilines is 1. The largest absolute Gasteiger partial charge is 0.463 e. The molecule has 0 saturated carbocycles. The fraction of sp³-hybridized carbons (Fsp3) is 0.500. The fourth-order valence-electron chi connectivity index (χ4n) is 2.70. The van der Waals surface area contributed by atoms with Gasteiger partial charge in [0, 0.05) is 20.3 Å². The summed E-state index contributed by atoms with van der Waals surface area (Å²) >= 11 is 3.36. The number of halogens is 1. The molecule has 2 N–H and O–H groups in total. The van der Waals surface area contributed by atoms with E-state index < -0.39 is 30.4 Å². The van der Waals surface area contributed by atoms with Crippen molar-refractivity contribution in [2.75, 3.05) is 12.3 Å². The van der Waals surface area contributed by atoms with Crippen LogP contribution in [0.5, 0.6) is 0 Å². The van der Waals surface area contributed by atoms with Crippen molar-refractivity contribution in [1.29, 1.82) is 0 Å². The highest BCUT2D eigenvalue weighted by Gasteiger charge is 2.40. The smallest absolute Gasteiger partial charge is 0.303 e. The number of nitrogens with zero attached hydrogens (tertiary/aromatic N) is 4. The van der Waals surface area contributed by atoms with Gasteiger partial charge in [0.15, 0.2) is 21.7 Å². The first-order valence-corrected chi connectivity index (χ1v) is 8.26. The minimum absolute atomic E-state index is 0.0227. The quantitative estimate of drug-likeness (QED) is 0.574. The number of hydrogen-bond donors (Lipinski definition) is 1. The maximum absolute atomic E-state index is 11.3. The van der Waals surface area contributed by atoms with E-state index in [0.717, 1.165) is 0 Å². The van der Waals surface area contributed by atoms with Crippen LogP contribution in [0.3, 0.4) is 0 Å². The second-order valence-corrected chi connectivity index (χ2v) is 6.21. The minimum Gasteiger partial charge on any atom is -0.463 e. The first kappa shape index (κ1) is 17.5. The van der Waals surface area contributed by atoms with Crippen LogP contribution in [-0.4, -0.2) is 50.3 Å². The van der Waals surface area contributed by atoms with Gasteiger partial charge < -0.3 is 19.9 Å². The van der Waals surface area contributed by atoms with Crippen molar-refractivity contribution >= 4 is 44.9 Å². The van der Waals surface area contributed by atoms with E-state index in [9.17, 15) is 9.59 Å². The third kappa shape index (κ3) is 3.56. The Balaban J connectivity index is 1.90. The van der Waals surface area contributed by atoms with E-state index >= 15 is 0 Å². The van der Waals surface area contributed by atoms with Crippen molar-refractivity contribution < 1.29 is 23.8 Å². The molecule has 1 aliphatic rings. The number of nitrogen functional groups attached to an aromatic ring is 1. The van der Waals surface area contributed by atoms with Crippen LogP contribution in [0, 0.1) is 0 Å². The van der Waals surface area contributed by atoms with E-state index in [2.05, 4.69) is 30.9 Å². The molecule has 1 unspecified atom stereocenters. The lowest BCUT2D eigenvalue weighted by molar-refractivity contribution is -0.155. The second-order valence-electron chi connectivity index (χ2n) is 5.50. The molecular weight excluding hydrogens is 398 g/mol. The zero-order chi connectivity index (χ0) is 18.1. The Morgan fingerprint density at radius 1 is 1.40 bits per heavy atom. The predicted molar refractivity (Wildman–Crippen MR) is 88.1 cm³/mol. The first-order chi connectivity index (χ1) is 11.9. The van der Waals surface area contributed by atoms with Gasteiger partial charge in [-0.3, -0.25) is 14.2 Å². The zero-order valence-corrected chi connectivity index (χ0v) is 15.1. The van der Waals surface area contributed by atoms with E-state index in [-0.39, 0.29) is 12.4 Å². The Morgan fingerprint density at radius 3 is 2.84 bits per heavy atom. The summed E-state index contributed by atoms with van der Waals surface area (Å²) in [7, 11) is 0. The van der Waals surface area contributed by atoms with Crippen molar-refractivity contribution in [2.24, 2.45) is 0 Å². The number of ether oxygens (including phenoxy) is 3. The van der Waals surface area contributed by atoms with Gasteiger partial charge in [-0.2, -0.15) is 0 Å². The predicted octanol–water partition coefficient (Wildman–Crippen LogP) is 0.953. The average Bonchev–Trinajstić information content (AvgIpc) is 3.05. The number of aromatic nitrogens is 4. The van der Waals surface area contributed by atoms with Crippen LogP contribution in [0.15, 0.2) is 11.1 Å². The molecule has 0 spiro atoms. The number of hydrogen-bond acceptors (Lipinski definition) is 9. The molecule has 2 aromatic heterocycles. The number of imidazole rings is 1. The van der Waals surface area contributed by atoms with Crippen LogP contribution < -0.4 is 5.73 Å². The molecule has 11 heteroatoms. The van der Waals surface area contributed by atoms with Gasteiger partial charge in [0.05, 0.1) is 0 Å². The maximum Gasteiger partial charge on any atom is 0.303 e. The van der Waals surface area contributed by atoms with Gasteiger partial charge in [-0.15, -0.1) is 0 Å². The lowest BCUT2D eigenvalue weighted by Gasteiger charge is -2.17. The molecule has 1 aliphatic heterocycles. The summed E-state index contributed by atoms with van der Waals surface area (Å²) in [5, 5.41) is 0. The van der Waals surface area contributed by atoms with E-state index in [1.807, 2.05) is 0 Å². The van der Waals surface area contributed by atoms with Crippen LogP contribution in [0.25, 0.3) is 11.2 Å². The standard InChI is InChI=1S/C14H16BrN5O5/c1-6(21)23-4-9-8(24-7(2)22)3-10(25-9)20-13-11(19-14(20)15)12(16)17-5-18-13/h5,8-10H,3-4H2,1-2H3,(H2,16,17,18)/t8-,9?,10-/m1/s1. The summed E-state index contributed by atoms with van der Waals surface area (Å²) in [5.41, 5.74) is 6.74. The van der Waals surface area contributed by atoms with Crippen molar-refractivity contribution in [2.45, 2.75) is 38.7 Å². The summed E-state index contributed by atoms with van der Waals surface area (Å²) in [6.45, 7) is 2.59. The maximum atomic E-state index is 11.3. The van der Waals surface area contributed by atoms with Crippen LogP contribution in [-0.2, 0) is 23.8 Å². The highest BCUT2D eigenvalue weighted by Crippen LogP contribution is 2.36. The second kappa shape index (κ2) is 6.92. The number of carbonyl (C=O) groups is 2. The molecule has 0 aliphatic carbocycles. The number of esters is 2. The highest BCUT2D eigenvalue weighted by molar-refractivity contribution is 9.10. The zero-order valence-electron chi connectivity index (χ0n) is 13.5. The van der Waals surface area contributed by atoms with Gasteiger partial charge in [0.1, 0.15) is 31.4 Å². The Bertz CT molecular complexity index is 825. The monoisotopic (exact) mass is 413 g/mol. The van der Waals surface area contributed by atoms with Gasteiger partial charge in [0.25, 0.3) is 0 Å².